The van der Waals surface area contributed by atoms with Crippen LogP contribution < -0.4 is 5.32 Å². The van der Waals surface area contributed by atoms with Crippen molar-refractivity contribution < 1.29 is 4.74 Å². The Morgan fingerprint density at radius 1 is 1.24 bits per heavy atom. The number of ether oxygens (including phenoxy) is 1. The van der Waals surface area contributed by atoms with E-state index in [0.717, 1.165) is 42.0 Å². The highest BCUT2D eigenvalue weighted by atomic mass is 16.5. The second-order valence-electron chi connectivity index (χ2n) is 4.82. The molecule has 3 rings (SSSR count). The molecule has 5 heteroatoms. The third kappa shape index (κ3) is 3.03. The van der Waals surface area contributed by atoms with E-state index in [4.69, 9.17) is 4.74 Å². The Morgan fingerprint density at radius 2 is 2.19 bits per heavy atom. The number of hydrogen-bond acceptors (Lipinski definition) is 4. The smallest absolute Gasteiger partial charge is 0.207 e. The maximum Gasteiger partial charge on any atom is 0.207 e. The van der Waals surface area contributed by atoms with Gasteiger partial charge in [0.1, 0.15) is 0 Å². The van der Waals surface area contributed by atoms with Gasteiger partial charge in [-0.1, -0.05) is 12.1 Å². The van der Waals surface area contributed by atoms with Gasteiger partial charge in [-0.05, 0) is 18.6 Å². The molecule has 5 nitrogen and oxygen atoms in total. The van der Waals surface area contributed by atoms with E-state index in [0.29, 0.717) is 0 Å². The van der Waals surface area contributed by atoms with Crippen molar-refractivity contribution in [3.63, 3.8) is 0 Å². The zero-order valence-corrected chi connectivity index (χ0v) is 12.0. The highest BCUT2D eigenvalue weighted by Gasteiger charge is 2.05. The van der Waals surface area contributed by atoms with Gasteiger partial charge in [-0.15, -0.1) is 0 Å². The minimum absolute atomic E-state index is 0.748. The van der Waals surface area contributed by atoms with Gasteiger partial charge in [-0.25, -0.2) is 4.98 Å². The molecule has 3 aromatic rings. The lowest BCUT2D eigenvalue weighted by molar-refractivity contribution is 0.190. The average Bonchev–Trinajstić information content (AvgIpc) is 2.95. The molecule has 0 unspecified atom stereocenters. The summed E-state index contributed by atoms with van der Waals surface area (Å²) in [4.78, 5) is 8.55. The van der Waals surface area contributed by atoms with Crippen LogP contribution in [0, 0.1) is 0 Å². The van der Waals surface area contributed by atoms with Crippen LogP contribution in [0.4, 0.5) is 11.6 Å². The number of hydrogen-bond donors (Lipinski definition) is 1. The number of pyridine rings is 1. The van der Waals surface area contributed by atoms with Gasteiger partial charge in [-0.3, -0.25) is 4.98 Å². The highest BCUT2D eigenvalue weighted by molar-refractivity contribution is 5.94. The summed E-state index contributed by atoms with van der Waals surface area (Å²) < 4.78 is 7.19. The molecule has 0 fully saturated rings. The normalized spacial score (nSPS) is 10.9. The molecular weight excluding hydrogens is 264 g/mol. The van der Waals surface area contributed by atoms with Crippen LogP contribution >= 0.6 is 0 Å². The molecule has 0 amide bonds. The number of nitrogens with zero attached hydrogens (tertiary/aromatic N) is 3. The zero-order valence-electron chi connectivity index (χ0n) is 12.0. The first-order chi connectivity index (χ1) is 10.4. The molecule has 0 aliphatic rings. The zero-order chi connectivity index (χ0) is 14.5. The van der Waals surface area contributed by atoms with E-state index in [2.05, 4.69) is 32.0 Å². The van der Waals surface area contributed by atoms with E-state index in [1.54, 1.807) is 13.3 Å². The molecule has 1 N–H and O–H groups in total. The van der Waals surface area contributed by atoms with Crippen LogP contribution in [0.2, 0.25) is 0 Å². The number of aryl methyl sites for hydroxylation is 1. The fourth-order valence-electron chi connectivity index (χ4n) is 2.34. The number of rotatable bonds is 6. The Bertz CT molecular complexity index is 718. The summed E-state index contributed by atoms with van der Waals surface area (Å²) in [6.07, 6.45) is 8.41. The third-order valence-electron chi connectivity index (χ3n) is 3.39. The Labute approximate surface area is 123 Å². The van der Waals surface area contributed by atoms with Crippen molar-refractivity contribution in [2.45, 2.75) is 13.0 Å². The lowest BCUT2D eigenvalue weighted by Gasteiger charge is -2.11. The van der Waals surface area contributed by atoms with Crippen LogP contribution in [0.25, 0.3) is 10.8 Å². The second kappa shape index (κ2) is 6.37. The lowest BCUT2D eigenvalue weighted by atomic mass is 10.1. The van der Waals surface area contributed by atoms with Crippen molar-refractivity contribution >= 4 is 22.4 Å². The Balaban J connectivity index is 1.84. The maximum absolute atomic E-state index is 5.09. The van der Waals surface area contributed by atoms with Gasteiger partial charge in [-0.2, -0.15) is 0 Å². The Kier molecular flexibility index (Phi) is 4.12. The first kappa shape index (κ1) is 13.6. The number of benzene rings is 1. The predicted octanol–water partition coefficient (Wildman–Crippen LogP) is 3.21. The van der Waals surface area contributed by atoms with Gasteiger partial charge >= 0.3 is 0 Å². The van der Waals surface area contributed by atoms with Crippen LogP contribution in [0.1, 0.15) is 6.42 Å². The molecule has 0 atom stereocenters. The molecule has 0 spiro atoms. The fourth-order valence-corrected chi connectivity index (χ4v) is 2.34. The van der Waals surface area contributed by atoms with Crippen molar-refractivity contribution in [2.75, 3.05) is 19.0 Å². The molecule has 0 saturated heterocycles. The van der Waals surface area contributed by atoms with Crippen LogP contribution in [0.5, 0.6) is 0 Å². The molecule has 0 radical (unpaired) electrons. The molecule has 2 aromatic heterocycles. The summed E-state index contributed by atoms with van der Waals surface area (Å²) in [5.74, 6) is 0.843. The van der Waals surface area contributed by atoms with Crippen LogP contribution in [0.15, 0.2) is 49.1 Å². The average molecular weight is 282 g/mol. The van der Waals surface area contributed by atoms with Crippen molar-refractivity contribution in [1.82, 2.24) is 14.5 Å². The minimum Gasteiger partial charge on any atom is -0.385 e. The van der Waals surface area contributed by atoms with E-state index in [1.807, 2.05) is 30.7 Å². The van der Waals surface area contributed by atoms with E-state index in [1.165, 1.54) is 0 Å². The van der Waals surface area contributed by atoms with E-state index >= 15 is 0 Å². The molecule has 0 saturated carbocycles. The van der Waals surface area contributed by atoms with Gasteiger partial charge in [0.2, 0.25) is 5.95 Å². The lowest BCUT2D eigenvalue weighted by Crippen LogP contribution is -2.05. The summed E-state index contributed by atoms with van der Waals surface area (Å²) >= 11 is 0. The standard InChI is InChI=1S/C16H18N4O/c1-21-11-3-9-20-10-8-18-16(20)19-15-5-2-4-13-12-17-7-6-14(13)15/h2,4-8,10,12H,3,9,11H2,1H3,(H,18,19). The number of methoxy groups -OCH3 is 1. The Hall–Kier alpha value is -2.40. The molecule has 1 aromatic carbocycles. The summed E-state index contributed by atoms with van der Waals surface area (Å²) in [5, 5.41) is 5.65. The van der Waals surface area contributed by atoms with Crippen molar-refractivity contribution in [3.05, 3.63) is 49.1 Å². The van der Waals surface area contributed by atoms with Gasteiger partial charge in [0.25, 0.3) is 0 Å². The van der Waals surface area contributed by atoms with Crippen molar-refractivity contribution in [3.8, 4) is 0 Å². The minimum atomic E-state index is 0.748. The van der Waals surface area contributed by atoms with Crippen LogP contribution in [-0.4, -0.2) is 28.3 Å². The number of aromatic nitrogens is 3. The monoisotopic (exact) mass is 282 g/mol. The molecule has 21 heavy (non-hydrogen) atoms. The van der Waals surface area contributed by atoms with E-state index in [-0.39, 0.29) is 0 Å². The van der Waals surface area contributed by atoms with Crippen LogP contribution in [0.3, 0.4) is 0 Å². The molecule has 2 heterocycles. The highest BCUT2D eigenvalue weighted by Crippen LogP contribution is 2.25. The molecule has 108 valence electrons. The molecule has 0 bridgehead atoms. The van der Waals surface area contributed by atoms with Gasteiger partial charge < -0.3 is 14.6 Å². The van der Waals surface area contributed by atoms with Crippen molar-refractivity contribution in [2.24, 2.45) is 0 Å². The summed E-state index contributed by atoms with van der Waals surface area (Å²) in [6.45, 7) is 1.63. The first-order valence-corrected chi connectivity index (χ1v) is 6.98. The second-order valence-corrected chi connectivity index (χ2v) is 4.82. The summed E-state index contributed by atoms with van der Waals surface area (Å²) in [5.41, 5.74) is 1.04. The fraction of sp³-hybridized carbons (Fsp3) is 0.250. The predicted molar refractivity (Wildman–Crippen MR) is 83.7 cm³/mol. The van der Waals surface area contributed by atoms with E-state index < -0.39 is 0 Å². The molecular formula is C16H18N4O. The first-order valence-electron chi connectivity index (χ1n) is 6.98. The van der Waals surface area contributed by atoms with Crippen LogP contribution in [-0.2, 0) is 11.3 Å². The van der Waals surface area contributed by atoms with Gasteiger partial charge in [0, 0.05) is 61.5 Å². The van der Waals surface area contributed by atoms with Crippen molar-refractivity contribution in [1.29, 1.82) is 0 Å². The number of anilines is 2. The third-order valence-corrected chi connectivity index (χ3v) is 3.39. The number of nitrogens with one attached hydrogen (secondary N) is 1. The maximum atomic E-state index is 5.09. The van der Waals surface area contributed by atoms with Gasteiger partial charge in [0.15, 0.2) is 0 Å². The number of fused-ring (bicyclic) bond motifs is 1. The Morgan fingerprint density at radius 3 is 3.10 bits per heavy atom. The molecule has 0 aliphatic carbocycles. The van der Waals surface area contributed by atoms with E-state index in [9.17, 15) is 0 Å². The SMILES string of the molecule is COCCCn1ccnc1Nc1cccc2cnccc12. The molecule has 0 aliphatic heterocycles. The summed E-state index contributed by atoms with van der Waals surface area (Å²) in [7, 11) is 1.72. The topological polar surface area (TPSA) is 52.0 Å². The number of imidazole rings is 1. The largest absolute Gasteiger partial charge is 0.385 e. The quantitative estimate of drug-likeness (QED) is 0.705. The van der Waals surface area contributed by atoms with Gasteiger partial charge in [0.05, 0.1) is 0 Å². The summed E-state index contributed by atoms with van der Waals surface area (Å²) in [6, 6.07) is 8.13.